The number of hydrogen-bond donors (Lipinski definition) is 2. The minimum atomic E-state index is -0.0912. The Bertz CT molecular complexity index is 866. The molecule has 0 fully saturated rings. The number of fused-ring (bicyclic) bond motifs is 1. The zero-order valence-electron chi connectivity index (χ0n) is 12.7. The molecule has 3 rings (SSSR count). The van der Waals surface area contributed by atoms with Gasteiger partial charge in [-0.3, -0.25) is 4.79 Å². The number of nitrogens with one attached hydrogen (secondary N) is 2. The van der Waals surface area contributed by atoms with Crippen molar-refractivity contribution in [3.8, 4) is 0 Å². The highest BCUT2D eigenvalue weighted by Gasteiger charge is 2.12. The molecule has 0 aliphatic rings. The quantitative estimate of drug-likeness (QED) is 0.649. The molecular weight excluding hydrogens is 367 g/mol. The Labute approximate surface area is 153 Å². The lowest BCUT2D eigenvalue weighted by Crippen LogP contribution is -2.28. The van der Waals surface area contributed by atoms with Gasteiger partial charge in [-0.25, -0.2) is 9.97 Å². The van der Waals surface area contributed by atoms with E-state index in [9.17, 15) is 4.79 Å². The maximum Gasteiger partial charge on any atom is 0.230 e. The van der Waals surface area contributed by atoms with E-state index in [0.717, 1.165) is 11.1 Å². The highest BCUT2D eigenvalue weighted by atomic mass is 35.5. The fourth-order valence-electron chi connectivity index (χ4n) is 2.17. The molecule has 5 nitrogen and oxygen atoms in total. The maximum atomic E-state index is 12.1. The first-order valence-corrected chi connectivity index (χ1v) is 8.94. The number of aromatic nitrogens is 3. The molecule has 0 saturated carbocycles. The third kappa shape index (κ3) is 4.20. The summed E-state index contributed by atoms with van der Waals surface area (Å²) < 4.78 is 0. The summed E-state index contributed by atoms with van der Waals surface area (Å²) >= 11 is 13.1. The van der Waals surface area contributed by atoms with Gasteiger partial charge in [0, 0.05) is 11.2 Å². The lowest BCUT2D eigenvalue weighted by atomic mass is 10.1. The van der Waals surface area contributed by atoms with Crippen molar-refractivity contribution in [1.29, 1.82) is 0 Å². The monoisotopic (exact) mass is 380 g/mol. The van der Waals surface area contributed by atoms with Gasteiger partial charge in [-0.1, -0.05) is 47.1 Å². The van der Waals surface area contributed by atoms with Crippen LogP contribution in [0.5, 0.6) is 0 Å². The molecule has 0 aliphatic carbocycles. The Morgan fingerprint density at radius 3 is 2.79 bits per heavy atom. The predicted molar refractivity (Wildman–Crippen MR) is 97.6 cm³/mol. The van der Waals surface area contributed by atoms with Crippen LogP contribution in [0.1, 0.15) is 18.5 Å². The molecule has 0 unspecified atom stereocenters. The predicted octanol–water partition coefficient (Wildman–Crippen LogP) is 4.23. The fourth-order valence-corrected chi connectivity index (χ4v) is 3.14. The van der Waals surface area contributed by atoms with Gasteiger partial charge in [-0.05, 0) is 30.7 Å². The van der Waals surface area contributed by atoms with Crippen molar-refractivity contribution >= 4 is 52.0 Å². The largest absolute Gasteiger partial charge is 0.349 e. The number of halogens is 2. The Morgan fingerprint density at radius 1 is 1.29 bits per heavy atom. The fraction of sp³-hybridized carbons (Fsp3) is 0.188. The highest BCUT2D eigenvalue weighted by Crippen LogP contribution is 2.21. The number of carbonyl (C=O) groups excluding carboxylic acids is 1. The molecule has 0 aliphatic heterocycles. The number of imidazole rings is 1. The normalized spacial score (nSPS) is 12.3. The summed E-state index contributed by atoms with van der Waals surface area (Å²) in [5, 5.41) is 4.79. The lowest BCUT2D eigenvalue weighted by Gasteiger charge is -2.14. The molecule has 3 aromatic rings. The molecule has 0 spiro atoms. The number of benzene rings is 1. The number of aromatic amines is 1. The van der Waals surface area contributed by atoms with E-state index in [1.165, 1.54) is 11.8 Å². The number of thioether (sulfide) groups is 1. The van der Waals surface area contributed by atoms with Gasteiger partial charge in [0.2, 0.25) is 5.91 Å². The first-order valence-electron chi connectivity index (χ1n) is 7.20. The van der Waals surface area contributed by atoms with Crippen LogP contribution in [0.25, 0.3) is 11.2 Å². The van der Waals surface area contributed by atoms with Gasteiger partial charge in [0.05, 0.1) is 22.3 Å². The molecule has 1 amide bonds. The van der Waals surface area contributed by atoms with Gasteiger partial charge in [0.15, 0.2) is 10.8 Å². The van der Waals surface area contributed by atoms with E-state index >= 15 is 0 Å². The van der Waals surface area contributed by atoms with Gasteiger partial charge < -0.3 is 10.3 Å². The zero-order chi connectivity index (χ0) is 17.1. The van der Waals surface area contributed by atoms with E-state index in [-0.39, 0.29) is 17.7 Å². The standard InChI is InChI=1S/C16H14Cl2N4OS/c1-9(10-2-4-11(17)5-3-10)20-14(23)8-24-16-21-13-6-12(18)7-19-15(13)22-16/h2-7,9H,8H2,1H3,(H,20,23)(H,19,21,22)/t9-/m1/s1. The number of H-pyrrole nitrogens is 1. The summed E-state index contributed by atoms with van der Waals surface area (Å²) in [6.07, 6.45) is 1.54. The number of hydrogen-bond acceptors (Lipinski definition) is 4. The third-order valence-corrected chi connectivity index (χ3v) is 4.70. The van der Waals surface area contributed by atoms with Crippen LogP contribution >= 0.6 is 35.0 Å². The zero-order valence-corrected chi connectivity index (χ0v) is 15.0. The summed E-state index contributed by atoms with van der Waals surface area (Å²) in [5.74, 6) is 0.180. The second-order valence-corrected chi connectivity index (χ2v) is 7.03. The van der Waals surface area contributed by atoms with E-state index in [0.29, 0.717) is 20.8 Å². The van der Waals surface area contributed by atoms with E-state index in [1.807, 2.05) is 19.1 Å². The van der Waals surface area contributed by atoms with Crippen LogP contribution in [0, 0.1) is 0 Å². The van der Waals surface area contributed by atoms with Gasteiger partial charge >= 0.3 is 0 Å². The first-order chi connectivity index (χ1) is 11.5. The van der Waals surface area contributed by atoms with Crippen LogP contribution in [0.4, 0.5) is 0 Å². The summed E-state index contributed by atoms with van der Waals surface area (Å²) in [6.45, 7) is 1.93. The number of nitrogens with zero attached hydrogens (tertiary/aromatic N) is 2. The minimum Gasteiger partial charge on any atom is -0.349 e. The Kier molecular flexibility index (Phi) is 5.28. The molecule has 2 N–H and O–H groups in total. The Hall–Kier alpha value is -1.76. The molecule has 1 atom stereocenters. The summed E-state index contributed by atoms with van der Waals surface area (Å²) in [6, 6.07) is 9.07. The third-order valence-electron chi connectivity index (χ3n) is 3.37. The molecule has 0 bridgehead atoms. The van der Waals surface area contributed by atoms with Gasteiger partial charge in [0.1, 0.15) is 0 Å². The van der Waals surface area contributed by atoms with E-state index < -0.39 is 0 Å². The Balaban J connectivity index is 1.57. The van der Waals surface area contributed by atoms with E-state index in [2.05, 4.69) is 20.3 Å². The van der Waals surface area contributed by atoms with Crippen LogP contribution in [-0.4, -0.2) is 26.6 Å². The second kappa shape index (κ2) is 7.42. The number of pyridine rings is 1. The summed E-state index contributed by atoms with van der Waals surface area (Å²) in [4.78, 5) is 23.6. The van der Waals surface area contributed by atoms with Gasteiger partial charge in [-0.2, -0.15) is 0 Å². The van der Waals surface area contributed by atoms with Crippen molar-refractivity contribution in [2.45, 2.75) is 18.1 Å². The molecule has 0 radical (unpaired) electrons. The van der Waals surface area contributed by atoms with Crippen LogP contribution in [0.2, 0.25) is 10.0 Å². The minimum absolute atomic E-state index is 0.0751. The topological polar surface area (TPSA) is 70.7 Å². The number of amides is 1. The summed E-state index contributed by atoms with van der Waals surface area (Å²) in [5.41, 5.74) is 2.33. The Morgan fingerprint density at radius 2 is 2.04 bits per heavy atom. The van der Waals surface area contributed by atoms with Gasteiger partial charge in [-0.15, -0.1) is 0 Å². The van der Waals surface area contributed by atoms with Gasteiger partial charge in [0.25, 0.3) is 0 Å². The molecule has 124 valence electrons. The van der Waals surface area contributed by atoms with Crippen molar-refractivity contribution in [3.63, 3.8) is 0 Å². The SMILES string of the molecule is C[C@@H](NC(=O)CSc1nc2ncc(Cl)cc2[nH]1)c1ccc(Cl)cc1. The van der Waals surface area contributed by atoms with Crippen LogP contribution in [0.15, 0.2) is 41.7 Å². The number of carbonyl (C=O) groups is 1. The van der Waals surface area contributed by atoms with Crippen LogP contribution < -0.4 is 5.32 Å². The first kappa shape index (κ1) is 17.1. The highest BCUT2D eigenvalue weighted by molar-refractivity contribution is 7.99. The van der Waals surface area contributed by atoms with Crippen molar-refractivity contribution in [2.24, 2.45) is 0 Å². The van der Waals surface area contributed by atoms with E-state index in [1.54, 1.807) is 24.4 Å². The molecule has 1 aromatic carbocycles. The van der Waals surface area contributed by atoms with Crippen molar-refractivity contribution in [2.75, 3.05) is 5.75 Å². The molecular formula is C16H14Cl2N4OS. The maximum absolute atomic E-state index is 12.1. The molecule has 2 heterocycles. The van der Waals surface area contributed by atoms with Crippen LogP contribution in [0.3, 0.4) is 0 Å². The van der Waals surface area contributed by atoms with Crippen molar-refractivity contribution < 1.29 is 4.79 Å². The smallest absolute Gasteiger partial charge is 0.230 e. The molecule has 2 aromatic heterocycles. The molecule has 0 saturated heterocycles. The second-order valence-electron chi connectivity index (χ2n) is 5.20. The summed E-state index contributed by atoms with van der Waals surface area (Å²) in [7, 11) is 0. The number of rotatable bonds is 5. The lowest BCUT2D eigenvalue weighted by molar-refractivity contribution is -0.119. The average molecular weight is 381 g/mol. The molecule has 8 heteroatoms. The average Bonchev–Trinajstić information content (AvgIpc) is 2.95. The van der Waals surface area contributed by atoms with E-state index in [4.69, 9.17) is 23.2 Å². The van der Waals surface area contributed by atoms with Crippen LogP contribution in [-0.2, 0) is 4.79 Å². The molecule has 24 heavy (non-hydrogen) atoms. The van der Waals surface area contributed by atoms with Crippen molar-refractivity contribution in [3.05, 3.63) is 52.1 Å². The van der Waals surface area contributed by atoms with Crippen molar-refractivity contribution in [1.82, 2.24) is 20.3 Å².